The summed E-state index contributed by atoms with van der Waals surface area (Å²) in [6.45, 7) is 2.16. The van der Waals surface area contributed by atoms with Gasteiger partial charge in [0, 0.05) is 41.5 Å². The van der Waals surface area contributed by atoms with Crippen LogP contribution in [-0.2, 0) is 44.0 Å². The van der Waals surface area contributed by atoms with Crippen molar-refractivity contribution < 1.29 is 53.8 Å². The third kappa shape index (κ3) is 7.49. The monoisotopic (exact) mass is 485 g/mol. The molecule has 0 saturated heterocycles. The Labute approximate surface area is 127 Å². The van der Waals surface area contributed by atoms with Gasteiger partial charge in [0.05, 0.1) is 12.7 Å². The maximum absolute atomic E-state index is 11.3. The Hall–Kier alpha value is 0.948. The quantitative estimate of drug-likeness (QED) is 0.432. The number of methoxy groups -OCH3 is 1. The molecule has 1 aliphatic rings. The minimum Gasteiger partial charge on any atom is -0.411 e. The standard InChI is InChI=1S/C9H19O7P2.W/c1-14-8-5-4-7(6-15-17(2,10)11)9(8)16-18(3,12)13;/h5,7-9H,4,6H2,1-3H3,(H,10,11)(H,12,13);/q-1;. The molecule has 0 aromatic carbocycles. The number of rotatable bonds is 6. The van der Waals surface area contributed by atoms with Crippen molar-refractivity contribution in [1.29, 1.82) is 0 Å². The predicted octanol–water partition coefficient (Wildman–Crippen LogP) is 1.26. The van der Waals surface area contributed by atoms with Crippen LogP contribution in [0.2, 0.25) is 0 Å². The van der Waals surface area contributed by atoms with Crippen molar-refractivity contribution in [3.05, 3.63) is 6.42 Å². The Morgan fingerprint density at radius 1 is 1.26 bits per heavy atom. The molecule has 10 heteroatoms. The first-order valence-electron chi connectivity index (χ1n) is 5.42. The van der Waals surface area contributed by atoms with Crippen molar-refractivity contribution in [3.63, 3.8) is 0 Å². The van der Waals surface area contributed by atoms with Gasteiger partial charge in [-0.3, -0.25) is 15.6 Å². The fourth-order valence-electron chi connectivity index (χ4n) is 1.84. The summed E-state index contributed by atoms with van der Waals surface area (Å²) in [7, 11) is -5.75. The van der Waals surface area contributed by atoms with Crippen molar-refractivity contribution in [2.24, 2.45) is 5.92 Å². The maximum atomic E-state index is 11.3. The molecule has 1 fully saturated rings. The number of hydrogen-bond acceptors (Lipinski definition) is 5. The van der Waals surface area contributed by atoms with Crippen LogP contribution in [0, 0.1) is 12.3 Å². The van der Waals surface area contributed by atoms with Crippen molar-refractivity contribution in [1.82, 2.24) is 0 Å². The normalized spacial score (nSPS) is 33.2. The van der Waals surface area contributed by atoms with Gasteiger partial charge in [-0.15, -0.1) is 0 Å². The Balaban J connectivity index is 0.00000324. The van der Waals surface area contributed by atoms with Crippen LogP contribution >= 0.6 is 15.2 Å². The van der Waals surface area contributed by atoms with Gasteiger partial charge in [0.25, 0.3) is 0 Å². The van der Waals surface area contributed by atoms with Crippen LogP contribution in [0.25, 0.3) is 0 Å². The van der Waals surface area contributed by atoms with Gasteiger partial charge < -0.3 is 23.6 Å². The zero-order valence-corrected chi connectivity index (χ0v) is 15.7. The summed E-state index contributed by atoms with van der Waals surface area (Å²) < 4.78 is 37.4. The molecule has 0 aromatic rings. The van der Waals surface area contributed by atoms with Gasteiger partial charge in [-0.05, 0) is 12.0 Å². The molecular formula is C9H19O7P2W-. The van der Waals surface area contributed by atoms with Crippen LogP contribution in [-0.4, -0.2) is 49.0 Å². The molecule has 1 aliphatic carbocycles. The second-order valence-corrected chi connectivity index (χ2v) is 8.08. The molecule has 1 saturated carbocycles. The predicted molar refractivity (Wildman–Crippen MR) is 65.5 cm³/mol. The van der Waals surface area contributed by atoms with Crippen molar-refractivity contribution in [2.45, 2.75) is 18.6 Å². The van der Waals surface area contributed by atoms with E-state index in [1.54, 1.807) is 6.42 Å². The Morgan fingerprint density at radius 2 is 1.84 bits per heavy atom. The molecular weight excluding hydrogens is 466 g/mol. The fraction of sp³-hybridized carbons (Fsp3) is 0.889. The van der Waals surface area contributed by atoms with E-state index >= 15 is 0 Å². The van der Waals surface area contributed by atoms with Crippen molar-refractivity contribution in [3.8, 4) is 0 Å². The van der Waals surface area contributed by atoms with Crippen LogP contribution in [0.15, 0.2) is 0 Å². The van der Waals surface area contributed by atoms with E-state index in [1.807, 2.05) is 0 Å². The molecule has 5 unspecified atom stereocenters. The molecule has 1 rings (SSSR count). The minimum absolute atomic E-state index is 0. The van der Waals surface area contributed by atoms with Crippen LogP contribution < -0.4 is 0 Å². The molecule has 0 heterocycles. The second-order valence-electron chi connectivity index (χ2n) is 4.40. The average Bonchev–Trinajstić information content (AvgIpc) is 2.54. The second kappa shape index (κ2) is 7.81. The van der Waals surface area contributed by atoms with Crippen molar-refractivity contribution in [2.75, 3.05) is 27.0 Å². The molecule has 0 amide bonds. The van der Waals surface area contributed by atoms with Gasteiger partial charge in [0.1, 0.15) is 0 Å². The van der Waals surface area contributed by atoms with Gasteiger partial charge in [-0.1, -0.05) is 0 Å². The van der Waals surface area contributed by atoms with Gasteiger partial charge in [0.2, 0.25) is 0 Å². The molecule has 114 valence electrons. The average molecular weight is 485 g/mol. The first-order chi connectivity index (χ1) is 8.12. The van der Waals surface area contributed by atoms with E-state index in [9.17, 15) is 14.0 Å². The summed E-state index contributed by atoms with van der Waals surface area (Å²) in [5.74, 6) is -0.282. The van der Waals surface area contributed by atoms with Crippen molar-refractivity contribution >= 4 is 15.2 Å². The SMILES string of the molecule is COC1[CH-]CC(COP(C)(=O)O)C1OP(C)(=O)O.[W]. The smallest absolute Gasteiger partial charge is 0.325 e. The van der Waals surface area contributed by atoms with E-state index in [4.69, 9.17) is 18.7 Å². The number of ether oxygens (including phenoxy) is 1. The Bertz CT molecular complexity index is 366. The molecule has 0 aliphatic heterocycles. The molecule has 5 atom stereocenters. The first-order valence-corrected chi connectivity index (χ1v) is 9.47. The summed E-state index contributed by atoms with van der Waals surface area (Å²) in [6.07, 6.45) is 1.26. The third-order valence-electron chi connectivity index (χ3n) is 2.58. The zero-order chi connectivity index (χ0) is 14.0. The molecule has 0 bridgehead atoms. The van der Waals surface area contributed by atoms with Gasteiger partial charge in [0.15, 0.2) is 0 Å². The maximum Gasteiger partial charge on any atom is 0.325 e. The zero-order valence-electron chi connectivity index (χ0n) is 11.0. The Morgan fingerprint density at radius 3 is 2.26 bits per heavy atom. The summed E-state index contributed by atoms with van der Waals surface area (Å²) >= 11 is 0. The molecule has 0 aromatic heterocycles. The number of hydrogen-bond donors (Lipinski definition) is 2. The minimum atomic E-state index is -3.65. The molecule has 19 heavy (non-hydrogen) atoms. The van der Waals surface area contributed by atoms with Crippen LogP contribution in [0.5, 0.6) is 0 Å². The van der Waals surface area contributed by atoms with E-state index in [0.29, 0.717) is 6.42 Å². The topological polar surface area (TPSA) is 102 Å². The largest absolute Gasteiger partial charge is 0.411 e. The van der Waals surface area contributed by atoms with E-state index in [0.717, 1.165) is 13.3 Å². The first kappa shape index (κ1) is 19.9. The Kier molecular flexibility index (Phi) is 8.20. The molecule has 0 radical (unpaired) electrons. The van der Waals surface area contributed by atoms with Crippen LogP contribution in [0.3, 0.4) is 0 Å². The summed E-state index contributed by atoms with van der Waals surface area (Å²) in [6, 6.07) is 0. The van der Waals surface area contributed by atoms with E-state index in [-0.39, 0.29) is 33.6 Å². The fourth-order valence-corrected chi connectivity index (χ4v) is 3.06. The van der Waals surface area contributed by atoms with E-state index < -0.39 is 27.4 Å². The molecule has 0 spiro atoms. The van der Waals surface area contributed by atoms with E-state index in [1.165, 1.54) is 7.11 Å². The summed E-state index contributed by atoms with van der Waals surface area (Å²) in [4.78, 5) is 18.3. The van der Waals surface area contributed by atoms with Gasteiger partial charge in [-0.25, -0.2) is 0 Å². The molecule has 2 N–H and O–H groups in total. The van der Waals surface area contributed by atoms with Crippen LogP contribution in [0.1, 0.15) is 6.42 Å². The summed E-state index contributed by atoms with van der Waals surface area (Å²) in [5.41, 5.74) is 0. The van der Waals surface area contributed by atoms with Crippen LogP contribution in [0.4, 0.5) is 0 Å². The van der Waals surface area contributed by atoms with E-state index in [2.05, 4.69) is 0 Å². The molecule has 7 nitrogen and oxygen atoms in total. The van der Waals surface area contributed by atoms with Gasteiger partial charge in [-0.2, -0.15) is 6.42 Å². The third-order valence-corrected chi connectivity index (χ3v) is 3.84. The van der Waals surface area contributed by atoms with Gasteiger partial charge >= 0.3 is 15.2 Å². The summed E-state index contributed by atoms with van der Waals surface area (Å²) in [5, 5.41) is 0.